The van der Waals surface area contributed by atoms with Crippen molar-refractivity contribution in [2.45, 2.75) is 63.8 Å². The smallest absolute Gasteiger partial charge is 0.146 e. The zero-order chi connectivity index (χ0) is 26.6. The van der Waals surface area contributed by atoms with Gasteiger partial charge in [0.05, 0.1) is 12.5 Å². The molecule has 0 amide bonds. The van der Waals surface area contributed by atoms with Gasteiger partial charge in [-0.3, -0.25) is 9.69 Å². The van der Waals surface area contributed by atoms with E-state index in [2.05, 4.69) is 45.3 Å². The molecule has 0 spiro atoms. The number of aliphatic imine (C=N–C) groups is 2. The second kappa shape index (κ2) is 11.7. The molecule has 0 aromatic heterocycles. The van der Waals surface area contributed by atoms with Crippen LogP contribution >= 0.6 is 0 Å². The van der Waals surface area contributed by atoms with Gasteiger partial charge in [0.25, 0.3) is 0 Å². The van der Waals surface area contributed by atoms with Crippen LogP contribution in [0.3, 0.4) is 0 Å². The zero-order valence-corrected chi connectivity index (χ0v) is 22.6. The van der Waals surface area contributed by atoms with Gasteiger partial charge in [-0.15, -0.1) is 0 Å². The van der Waals surface area contributed by atoms with Gasteiger partial charge in [-0.1, -0.05) is 48.9 Å². The molecule has 7 heteroatoms. The van der Waals surface area contributed by atoms with Gasteiger partial charge in [0.2, 0.25) is 0 Å². The van der Waals surface area contributed by atoms with Crippen molar-refractivity contribution < 1.29 is 9.53 Å². The quantitative estimate of drug-likeness (QED) is 0.478. The number of ketones is 1. The van der Waals surface area contributed by atoms with Gasteiger partial charge in [0, 0.05) is 18.7 Å². The molecule has 1 saturated carbocycles. The van der Waals surface area contributed by atoms with Crippen molar-refractivity contribution in [1.29, 1.82) is 0 Å². The molecule has 0 radical (unpaired) electrons. The summed E-state index contributed by atoms with van der Waals surface area (Å²) < 4.78 is 6.11. The highest BCUT2D eigenvalue weighted by Gasteiger charge is 2.45. The van der Waals surface area contributed by atoms with Gasteiger partial charge in [0.1, 0.15) is 36.5 Å². The van der Waals surface area contributed by atoms with Crippen LogP contribution < -0.4 is 10.5 Å². The Morgan fingerprint density at radius 1 is 1.03 bits per heavy atom. The first-order chi connectivity index (χ1) is 19.1. The van der Waals surface area contributed by atoms with E-state index in [1.165, 1.54) is 19.3 Å². The number of benzene rings is 2. The van der Waals surface area contributed by atoms with Crippen LogP contribution in [0.25, 0.3) is 5.57 Å². The summed E-state index contributed by atoms with van der Waals surface area (Å²) in [5.41, 5.74) is 9.82. The van der Waals surface area contributed by atoms with E-state index in [1.807, 2.05) is 30.3 Å². The SMILES string of the molecule is NC1=NC=NC2C1C(c1cccc(OCc3ccccc3)c1)=CN2C1CC(CCC(=O)CN2CCCCC2)C1. The lowest BCUT2D eigenvalue weighted by atomic mass is 9.76. The first-order valence-corrected chi connectivity index (χ1v) is 14.5. The Hall–Kier alpha value is -3.45. The highest BCUT2D eigenvalue weighted by Crippen LogP contribution is 2.45. The first kappa shape index (κ1) is 25.8. The minimum Gasteiger partial charge on any atom is -0.489 e. The van der Waals surface area contributed by atoms with Crippen molar-refractivity contribution in [3.63, 3.8) is 0 Å². The number of nitrogens with zero attached hydrogens (tertiary/aromatic N) is 4. The average Bonchev–Trinajstić information content (AvgIpc) is 3.33. The molecule has 6 rings (SSSR count). The highest BCUT2D eigenvalue weighted by atomic mass is 16.5. The molecule has 3 heterocycles. The second-order valence-corrected chi connectivity index (χ2v) is 11.4. The third-order valence-electron chi connectivity index (χ3n) is 8.70. The van der Waals surface area contributed by atoms with Gasteiger partial charge < -0.3 is 15.4 Å². The van der Waals surface area contributed by atoms with E-state index in [4.69, 9.17) is 15.5 Å². The van der Waals surface area contributed by atoms with E-state index in [9.17, 15) is 4.79 Å². The van der Waals surface area contributed by atoms with E-state index in [-0.39, 0.29) is 12.1 Å². The topological polar surface area (TPSA) is 83.5 Å². The van der Waals surface area contributed by atoms with E-state index < -0.39 is 0 Å². The molecule has 1 saturated heterocycles. The lowest BCUT2D eigenvalue weighted by Crippen LogP contribution is -2.49. The summed E-state index contributed by atoms with van der Waals surface area (Å²) in [6, 6.07) is 18.9. The molecule has 2 aromatic carbocycles. The maximum atomic E-state index is 12.6. The van der Waals surface area contributed by atoms with E-state index in [1.54, 1.807) is 6.34 Å². The number of hydrogen-bond donors (Lipinski definition) is 1. The van der Waals surface area contributed by atoms with Crippen LogP contribution in [0.15, 0.2) is 70.8 Å². The van der Waals surface area contributed by atoms with Crippen molar-refractivity contribution >= 4 is 23.5 Å². The summed E-state index contributed by atoms with van der Waals surface area (Å²) in [4.78, 5) is 26.4. The molecule has 2 fully saturated rings. The highest BCUT2D eigenvalue weighted by molar-refractivity contribution is 6.01. The summed E-state index contributed by atoms with van der Waals surface area (Å²) >= 11 is 0. The summed E-state index contributed by atoms with van der Waals surface area (Å²) in [6.45, 7) is 3.33. The van der Waals surface area contributed by atoms with Gasteiger partial charge in [-0.25, -0.2) is 9.98 Å². The van der Waals surface area contributed by atoms with Crippen LogP contribution in [0.2, 0.25) is 0 Å². The van der Waals surface area contributed by atoms with Crippen LogP contribution in [0.1, 0.15) is 56.1 Å². The Balaban J connectivity index is 1.08. The number of hydrogen-bond acceptors (Lipinski definition) is 7. The third-order valence-corrected chi connectivity index (χ3v) is 8.70. The molecule has 39 heavy (non-hydrogen) atoms. The van der Waals surface area contributed by atoms with Crippen molar-refractivity contribution in [2.24, 2.45) is 27.6 Å². The number of rotatable bonds is 10. The van der Waals surface area contributed by atoms with Crippen LogP contribution in [0, 0.1) is 11.8 Å². The molecule has 7 nitrogen and oxygen atoms in total. The molecule has 4 aliphatic rings. The number of amidine groups is 1. The number of carbonyl (C=O) groups excluding carboxylic acids is 1. The minimum absolute atomic E-state index is 0.0573. The Morgan fingerprint density at radius 3 is 2.67 bits per heavy atom. The fourth-order valence-electron chi connectivity index (χ4n) is 6.45. The van der Waals surface area contributed by atoms with E-state index in [0.717, 1.165) is 54.8 Å². The van der Waals surface area contributed by atoms with Gasteiger partial charge >= 0.3 is 0 Å². The Bertz CT molecular complexity index is 1240. The van der Waals surface area contributed by atoms with Crippen LogP contribution in [0.5, 0.6) is 5.75 Å². The zero-order valence-electron chi connectivity index (χ0n) is 22.6. The third kappa shape index (κ3) is 5.93. The van der Waals surface area contributed by atoms with E-state index in [0.29, 0.717) is 43.2 Å². The Kier molecular flexibility index (Phi) is 7.77. The normalized spacial score (nSPS) is 26.4. The first-order valence-electron chi connectivity index (χ1n) is 14.5. The lowest BCUT2D eigenvalue weighted by Gasteiger charge is -2.44. The van der Waals surface area contributed by atoms with Gasteiger partial charge in [0.15, 0.2) is 0 Å². The van der Waals surface area contributed by atoms with Crippen LogP contribution in [-0.2, 0) is 11.4 Å². The molecule has 2 aromatic rings. The van der Waals surface area contributed by atoms with Crippen molar-refractivity contribution in [1.82, 2.24) is 9.80 Å². The van der Waals surface area contributed by atoms with Crippen LogP contribution in [0.4, 0.5) is 0 Å². The molecular formula is C32H39N5O2. The molecular weight excluding hydrogens is 486 g/mol. The standard InChI is InChI=1S/C32H39N5O2/c33-31-30-29(25-10-7-11-28(18-25)39-21-23-8-3-1-4-9-23)20-37(32(30)35-22-34-31)26-16-24(17-26)12-13-27(38)19-36-14-5-2-6-15-36/h1,3-4,7-11,18,20,22,24,26,30,32H,2,5-6,12-17,19,21H2,(H2,33,34,35). The second-order valence-electron chi connectivity index (χ2n) is 11.4. The fourth-order valence-corrected chi connectivity index (χ4v) is 6.45. The number of Topliss-reactive ketones (excluding diaryl/α,β-unsaturated/α-hetero) is 1. The van der Waals surface area contributed by atoms with Crippen molar-refractivity contribution in [2.75, 3.05) is 19.6 Å². The monoisotopic (exact) mass is 525 g/mol. The predicted octanol–water partition coefficient (Wildman–Crippen LogP) is 4.88. The van der Waals surface area contributed by atoms with Gasteiger partial charge in [-0.05, 0) is 79.9 Å². The molecule has 2 unspecified atom stereocenters. The average molecular weight is 526 g/mol. The number of fused-ring (bicyclic) bond motifs is 1. The number of piperidine rings is 1. The predicted molar refractivity (Wildman–Crippen MR) is 155 cm³/mol. The van der Waals surface area contributed by atoms with E-state index >= 15 is 0 Å². The van der Waals surface area contributed by atoms with Crippen molar-refractivity contribution in [3.05, 3.63) is 71.9 Å². The fraction of sp³-hybridized carbons (Fsp3) is 0.469. The largest absolute Gasteiger partial charge is 0.489 e. The molecule has 2 atom stereocenters. The summed E-state index contributed by atoms with van der Waals surface area (Å²) in [6.07, 6.45) is 11.4. The molecule has 3 aliphatic heterocycles. The van der Waals surface area contributed by atoms with Crippen LogP contribution in [-0.4, -0.2) is 59.6 Å². The maximum Gasteiger partial charge on any atom is 0.146 e. The lowest BCUT2D eigenvalue weighted by molar-refractivity contribution is -0.121. The minimum atomic E-state index is -0.0652. The summed E-state index contributed by atoms with van der Waals surface area (Å²) in [5.74, 6) is 2.38. The number of carbonyl (C=O) groups is 1. The summed E-state index contributed by atoms with van der Waals surface area (Å²) in [5, 5.41) is 0. The number of likely N-dealkylation sites (tertiary alicyclic amines) is 1. The molecule has 0 bridgehead atoms. The van der Waals surface area contributed by atoms with Crippen molar-refractivity contribution in [3.8, 4) is 5.75 Å². The van der Waals surface area contributed by atoms with Gasteiger partial charge in [-0.2, -0.15) is 0 Å². The number of nitrogens with two attached hydrogens (primary N) is 1. The Morgan fingerprint density at radius 2 is 1.85 bits per heavy atom. The number of ether oxygens (including phenoxy) is 1. The molecule has 2 N–H and O–H groups in total. The molecule has 1 aliphatic carbocycles. The summed E-state index contributed by atoms with van der Waals surface area (Å²) in [7, 11) is 0. The molecule has 204 valence electrons. The Labute approximate surface area is 231 Å². The maximum absolute atomic E-state index is 12.6.